The van der Waals surface area contributed by atoms with E-state index in [0.29, 0.717) is 25.8 Å². The fourth-order valence-electron chi connectivity index (χ4n) is 1.64. The maximum Gasteiger partial charge on any atom is 0.238 e. The van der Waals surface area contributed by atoms with Gasteiger partial charge in [0.25, 0.3) is 0 Å². The molecule has 0 radical (unpaired) electrons. The third kappa shape index (κ3) is 6.14. The summed E-state index contributed by atoms with van der Waals surface area (Å²) in [6, 6.07) is 6.32. The molecule has 7 heteroatoms. The molecule has 1 atom stereocenters. The van der Waals surface area contributed by atoms with E-state index < -0.39 is 10.0 Å². The van der Waals surface area contributed by atoms with Crippen LogP contribution in [0.25, 0.3) is 0 Å². The van der Waals surface area contributed by atoms with Gasteiger partial charge in [-0.3, -0.25) is 4.79 Å². The first-order valence-electron chi connectivity index (χ1n) is 6.43. The van der Waals surface area contributed by atoms with E-state index in [0.717, 1.165) is 5.56 Å². The van der Waals surface area contributed by atoms with Gasteiger partial charge in [0.2, 0.25) is 15.9 Å². The van der Waals surface area contributed by atoms with Crippen LogP contribution in [0.5, 0.6) is 0 Å². The third-order valence-corrected chi connectivity index (χ3v) is 3.74. The lowest BCUT2D eigenvalue weighted by atomic mass is 10.1. The number of hydrogen-bond donors (Lipinski definition) is 3. The van der Waals surface area contributed by atoms with E-state index >= 15 is 0 Å². The highest BCUT2D eigenvalue weighted by molar-refractivity contribution is 7.89. The molecule has 1 amide bonds. The predicted octanol–water partition coefficient (Wildman–Crippen LogP) is 0.120. The zero-order valence-corrected chi connectivity index (χ0v) is 12.3. The monoisotopic (exact) mass is 299 g/mol. The average molecular weight is 299 g/mol. The summed E-state index contributed by atoms with van der Waals surface area (Å²) in [5, 5.41) is 7.80. The van der Waals surface area contributed by atoms with Gasteiger partial charge in [0, 0.05) is 19.0 Å². The number of rotatable bonds is 7. The van der Waals surface area contributed by atoms with Gasteiger partial charge in [-0.1, -0.05) is 12.1 Å². The molecule has 0 spiro atoms. The van der Waals surface area contributed by atoms with Crippen LogP contribution in [0.3, 0.4) is 0 Å². The fraction of sp³-hybridized carbons (Fsp3) is 0.462. The largest absolute Gasteiger partial charge is 0.356 e. The molecule has 1 unspecified atom stereocenters. The molecule has 6 nitrogen and oxygen atoms in total. The SMILES string of the molecule is CC(N)CCC(=O)NCCc1ccc(S(N)(=O)=O)cc1. The number of nitrogens with one attached hydrogen (secondary N) is 1. The summed E-state index contributed by atoms with van der Waals surface area (Å²) in [4.78, 5) is 11.5. The van der Waals surface area contributed by atoms with Crippen molar-refractivity contribution in [3.63, 3.8) is 0 Å². The number of hydrogen-bond acceptors (Lipinski definition) is 4. The summed E-state index contributed by atoms with van der Waals surface area (Å²) >= 11 is 0. The number of carbonyl (C=O) groups excluding carboxylic acids is 1. The minimum atomic E-state index is -3.65. The van der Waals surface area contributed by atoms with E-state index in [-0.39, 0.29) is 16.8 Å². The maximum absolute atomic E-state index is 11.5. The lowest BCUT2D eigenvalue weighted by Gasteiger charge is -2.07. The topological polar surface area (TPSA) is 115 Å². The van der Waals surface area contributed by atoms with Crippen LogP contribution in [0.15, 0.2) is 29.2 Å². The average Bonchev–Trinajstić information content (AvgIpc) is 2.36. The summed E-state index contributed by atoms with van der Waals surface area (Å²) in [6.45, 7) is 2.37. The van der Waals surface area contributed by atoms with Gasteiger partial charge in [-0.25, -0.2) is 13.6 Å². The van der Waals surface area contributed by atoms with Crippen molar-refractivity contribution in [2.75, 3.05) is 6.54 Å². The molecule has 0 saturated carbocycles. The Balaban J connectivity index is 2.38. The molecule has 0 aliphatic carbocycles. The predicted molar refractivity (Wildman–Crippen MR) is 77.4 cm³/mol. The summed E-state index contributed by atoms with van der Waals surface area (Å²) in [6.07, 6.45) is 1.71. The summed E-state index contributed by atoms with van der Waals surface area (Å²) < 4.78 is 22.2. The van der Waals surface area contributed by atoms with Crippen LogP contribution in [-0.4, -0.2) is 26.9 Å². The molecule has 1 aromatic rings. The lowest BCUT2D eigenvalue weighted by molar-refractivity contribution is -0.121. The molecule has 0 heterocycles. The highest BCUT2D eigenvalue weighted by atomic mass is 32.2. The minimum absolute atomic E-state index is 0.0199. The number of benzene rings is 1. The molecule has 20 heavy (non-hydrogen) atoms. The Morgan fingerprint density at radius 1 is 1.30 bits per heavy atom. The van der Waals surface area contributed by atoms with E-state index in [1.807, 2.05) is 6.92 Å². The van der Waals surface area contributed by atoms with Crippen molar-refractivity contribution in [3.05, 3.63) is 29.8 Å². The molecule has 0 aromatic heterocycles. The van der Waals surface area contributed by atoms with Crippen LogP contribution in [0.1, 0.15) is 25.3 Å². The summed E-state index contributed by atoms with van der Waals surface area (Å²) in [5.41, 5.74) is 6.51. The first-order valence-corrected chi connectivity index (χ1v) is 7.97. The number of nitrogens with two attached hydrogens (primary N) is 2. The minimum Gasteiger partial charge on any atom is -0.356 e. The van der Waals surface area contributed by atoms with Gasteiger partial charge in [-0.2, -0.15) is 0 Å². The standard InChI is InChI=1S/C13H21N3O3S/c1-10(14)2-7-13(17)16-9-8-11-3-5-12(6-4-11)20(15,18)19/h3-6,10H,2,7-9,14H2,1H3,(H,16,17)(H2,15,18,19). The Morgan fingerprint density at radius 3 is 2.40 bits per heavy atom. The zero-order chi connectivity index (χ0) is 15.2. The van der Waals surface area contributed by atoms with Gasteiger partial charge in [-0.05, 0) is 37.5 Å². The third-order valence-electron chi connectivity index (χ3n) is 2.81. The van der Waals surface area contributed by atoms with E-state index in [4.69, 9.17) is 10.9 Å². The zero-order valence-electron chi connectivity index (χ0n) is 11.5. The van der Waals surface area contributed by atoms with Crippen molar-refractivity contribution < 1.29 is 13.2 Å². The van der Waals surface area contributed by atoms with Crippen LogP contribution in [0.2, 0.25) is 0 Å². The van der Waals surface area contributed by atoms with Crippen molar-refractivity contribution >= 4 is 15.9 Å². The summed E-state index contributed by atoms with van der Waals surface area (Å²) in [7, 11) is -3.65. The van der Waals surface area contributed by atoms with E-state index in [1.165, 1.54) is 12.1 Å². The van der Waals surface area contributed by atoms with Crippen molar-refractivity contribution in [2.45, 2.75) is 37.1 Å². The number of sulfonamides is 1. The Kier molecular flexibility index (Phi) is 6.12. The van der Waals surface area contributed by atoms with Crippen molar-refractivity contribution in [2.24, 2.45) is 10.9 Å². The maximum atomic E-state index is 11.5. The Hall–Kier alpha value is -1.44. The molecule has 0 fully saturated rings. The smallest absolute Gasteiger partial charge is 0.238 e. The highest BCUT2D eigenvalue weighted by Gasteiger charge is 2.07. The first-order chi connectivity index (χ1) is 9.29. The molecule has 1 rings (SSSR count). The van der Waals surface area contributed by atoms with Gasteiger partial charge < -0.3 is 11.1 Å². The van der Waals surface area contributed by atoms with Crippen molar-refractivity contribution in [1.82, 2.24) is 5.32 Å². The van der Waals surface area contributed by atoms with Crippen LogP contribution in [-0.2, 0) is 21.2 Å². The van der Waals surface area contributed by atoms with Gasteiger partial charge in [0.05, 0.1) is 4.90 Å². The van der Waals surface area contributed by atoms with Crippen LogP contribution >= 0.6 is 0 Å². The number of carbonyl (C=O) groups is 1. The normalized spacial score (nSPS) is 12.9. The highest BCUT2D eigenvalue weighted by Crippen LogP contribution is 2.08. The molecule has 0 aliphatic heterocycles. The molecule has 5 N–H and O–H groups in total. The van der Waals surface area contributed by atoms with Gasteiger partial charge >= 0.3 is 0 Å². The molecule has 112 valence electrons. The second-order valence-electron chi connectivity index (χ2n) is 4.80. The van der Waals surface area contributed by atoms with Crippen LogP contribution in [0, 0.1) is 0 Å². The number of primary sulfonamides is 1. The molecular formula is C13H21N3O3S. The molecule has 0 aliphatic rings. The molecular weight excluding hydrogens is 278 g/mol. The molecule has 1 aromatic carbocycles. The summed E-state index contributed by atoms with van der Waals surface area (Å²) in [5.74, 6) is -0.0246. The van der Waals surface area contributed by atoms with Crippen molar-refractivity contribution in [1.29, 1.82) is 0 Å². The fourth-order valence-corrected chi connectivity index (χ4v) is 2.15. The second-order valence-corrected chi connectivity index (χ2v) is 6.37. The Bertz CT molecular complexity index is 538. The number of amides is 1. The second kappa shape index (κ2) is 7.37. The van der Waals surface area contributed by atoms with E-state index in [9.17, 15) is 13.2 Å². The van der Waals surface area contributed by atoms with Gasteiger partial charge in [-0.15, -0.1) is 0 Å². The quantitative estimate of drug-likeness (QED) is 0.663. The van der Waals surface area contributed by atoms with Crippen LogP contribution in [0.4, 0.5) is 0 Å². The van der Waals surface area contributed by atoms with Gasteiger partial charge in [0.1, 0.15) is 0 Å². The molecule has 0 bridgehead atoms. The first kappa shape index (κ1) is 16.6. The van der Waals surface area contributed by atoms with Crippen LogP contribution < -0.4 is 16.2 Å². The van der Waals surface area contributed by atoms with E-state index in [1.54, 1.807) is 12.1 Å². The van der Waals surface area contributed by atoms with Crippen molar-refractivity contribution in [3.8, 4) is 0 Å². The lowest BCUT2D eigenvalue weighted by Crippen LogP contribution is -2.27. The van der Waals surface area contributed by atoms with E-state index in [2.05, 4.69) is 5.32 Å². The van der Waals surface area contributed by atoms with Gasteiger partial charge in [0.15, 0.2) is 0 Å². The Labute approximate surface area is 119 Å². The molecule has 0 saturated heterocycles. The Morgan fingerprint density at radius 2 is 1.90 bits per heavy atom.